The van der Waals surface area contributed by atoms with Gasteiger partial charge >= 0.3 is 0 Å². The van der Waals surface area contributed by atoms with Crippen LogP contribution >= 0.6 is 11.3 Å². The van der Waals surface area contributed by atoms with Gasteiger partial charge in [0.05, 0.1) is 5.92 Å². The molecule has 2 N–H and O–H groups in total. The van der Waals surface area contributed by atoms with Crippen molar-refractivity contribution < 1.29 is 9.18 Å². The second-order valence-electron chi connectivity index (χ2n) is 5.75. The molecular formula is C17H19FN2OS. The Hall–Kier alpha value is -1.72. The summed E-state index contributed by atoms with van der Waals surface area (Å²) in [5.74, 6) is -0.444. The number of benzene rings is 1. The zero-order valence-electron chi connectivity index (χ0n) is 12.3. The van der Waals surface area contributed by atoms with Crippen LogP contribution in [0.4, 0.5) is 4.39 Å². The number of piperidine rings is 1. The number of amides is 1. The van der Waals surface area contributed by atoms with E-state index in [9.17, 15) is 9.18 Å². The smallest absolute Gasteiger partial charge is 0.221 e. The van der Waals surface area contributed by atoms with Gasteiger partial charge in [-0.05, 0) is 49.2 Å². The van der Waals surface area contributed by atoms with Crippen LogP contribution in [-0.4, -0.2) is 23.9 Å². The van der Waals surface area contributed by atoms with Crippen molar-refractivity contribution in [2.75, 3.05) is 13.1 Å². The second-order valence-corrected chi connectivity index (χ2v) is 6.92. The summed E-state index contributed by atoms with van der Waals surface area (Å²) in [6, 6.07) is 10.8. The Labute approximate surface area is 133 Å². The molecule has 2 aromatic rings. The molecule has 0 saturated carbocycles. The molecule has 2 heterocycles. The minimum Gasteiger partial charge on any atom is -0.369 e. The van der Waals surface area contributed by atoms with Crippen LogP contribution in [-0.2, 0) is 11.3 Å². The largest absolute Gasteiger partial charge is 0.369 e. The van der Waals surface area contributed by atoms with Gasteiger partial charge in [-0.25, -0.2) is 4.39 Å². The second kappa shape index (κ2) is 6.58. The van der Waals surface area contributed by atoms with E-state index >= 15 is 0 Å². The third kappa shape index (κ3) is 3.54. The molecule has 1 atom stereocenters. The quantitative estimate of drug-likeness (QED) is 0.940. The lowest BCUT2D eigenvalue weighted by atomic mass is 9.97. The van der Waals surface area contributed by atoms with Crippen LogP contribution in [0.25, 0.3) is 10.4 Å². The van der Waals surface area contributed by atoms with Crippen molar-refractivity contribution in [2.24, 2.45) is 11.7 Å². The van der Waals surface area contributed by atoms with Crippen molar-refractivity contribution in [2.45, 2.75) is 19.4 Å². The Morgan fingerprint density at radius 1 is 1.36 bits per heavy atom. The van der Waals surface area contributed by atoms with Gasteiger partial charge in [-0.2, -0.15) is 0 Å². The number of primary amides is 1. The maximum atomic E-state index is 13.3. The van der Waals surface area contributed by atoms with Crippen LogP contribution in [0.15, 0.2) is 36.4 Å². The highest BCUT2D eigenvalue weighted by Gasteiger charge is 2.24. The molecule has 5 heteroatoms. The highest BCUT2D eigenvalue weighted by Crippen LogP contribution is 2.30. The first kappa shape index (κ1) is 15.2. The normalized spacial score (nSPS) is 19.2. The third-order valence-corrected chi connectivity index (χ3v) is 5.18. The molecule has 0 radical (unpaired) electrons. The van der Waals surface area contributed by atoms with Crippen molar-refractivity contribution in [3.05, 3.63) is 47.1 Å². The standard InChI is InChI=1S/C17H19FN2OS/c18-14-5-1-3-12(9-14)16-7-6-15(22-16)11-20-8-2-4-13(10-20)17(19)21/h1,3,5-7,9,13H,2,4,8,10-11H2,(H2,19,21). The number of nitrogens with zero attached hydrogens (tertiary/aromatic N) is 1. The molecule has 1 fully saturated rings. The van der Waals surface area contributed by atoms with E-state index in [-0.39, 0.29) is 17.6 Å². The van der Waals surface area contributed by atoms with Gasteiger partial charge in [-0.1, -0.05) is 12.1 Å². The molecule has 116 valence electrons. The minimum atomic E-state index is -0.215. The first-order chi connectivity index (χ1) is 10.6. The van der Waals surface area contributed by atoms with E-state index < -0.39 is 0 Å². The van der Waals surface area contributed by atoms with Gasteiger partial charge in [0, 0.05) is 22.8 Å². The highest BCUT2D eigenvalue weighted by molar-refractivity contribution is 7.15. The Bertz CT molecular complexity index is 670. The summed E-state index contributed by atoms with van der Waals surface area (Å²) in [4.78, 5) is 15.9. The van der Waals surface area contributed by atoms with Gasteiger partial charge in [0.15, 0.2) is 0 Å². The fourth-order valence-corrected chi connectivity index (χ4v) is 3.96. The van der Waals surface area contributed by atoms with E-state index in [1.54, 1.807) is 23.5 Å². The van der Waals surface area contributed by atoms with Crippen molar-refractivity contribution in [1.29, 1.82) is 0 Å². The first-order valence-electron chi connectivity index (χ1n) is 7.48. The number of carbonyl (C=O) groups is 1. The van der Waals surface area contributed by atoms with Gasteiger partial charge < -0.3 is 5.73 Å². The average Bonchev–Trinajstić information content (AvgIpc) is 2.96. The van der Waals surface area contributed by atoms with E-state index in [1.807, 2.05) is 12.1 Å². The number of carbonyl (C=O) groups excluding carboxylic acids is 1. The Morgan fingerprint density at radius 2 is 2.23 bits per heavy atom. The molecule has 22 heavy (non-hydrogen) atoms. The molecule has 0 aliphatic carbocycles. The molecule has 3 nitrogen and oxygen atoms in total. The lowest BCUT2D eigenvalue weighted by molar-refractivity contribution is -0.123. The molecular weight excluding hydrogens is 299 g/mol. The van der Waals surface area contributed by atoms with Crippen LogP contribution in [0.3, 0.4) is 0 Å². The zero-order valence-corrected chi connectivity index (χ0v) is 13.1. The van der Waals surface area contributed by atoms with Crippen LogP contribution in [0.5, 0.6) is 0 Å². The van der Waals surface area contributed by atoms with Gasteiger partial charge in [0.25, 0.3) is 0 Å². The number of hydrogen-bond acceptors (Lipinski definition) is 3. The average molecular weight is 318 g/mol. The van der Waals surface area contributed by atoms with E-state index in [1.165, 1.54) is 10.9 Å². The zero-order chi connectivity index (χ0) is 15.5. The topological polar surface area (TPSA) is 46.3 Å². The van der Waals surface area contributed by atoms with E-state index in [2.05, 4.69) is 11.0 Å². The van der Waals surface area contributed by atoms with Gasteiger partial charge in [-0.3, -0.25) is 9.69 Å². The first-order valence-corrected chi connectivity index (χ1v) is 8.30. The van der Waals surface area contributed by atoms with Crippen molar-refractivity contribution in [3.8, 4) is 10.4 Å². The number of halogens is 1. The van der Waals surface area contributed by atoms with Crippen LogP contribution < -0.4 is 5.73 Å². The molecule has 3 rings (SSSR count). The summed E-state index contributed by atoms with van der Waals surface area (Å²) in [6.45, 7) is 2.56. The maximum Gasteiger partial charge on any atom is 0.221 e. The summed E-state index contributed by atoms with van der Waals surface area (Å²) in [6.07, 6.45) is 1.90. The molecule has 1 amide bonds. The molecule has 0 bridgehead atoms. The van der Waals surface area contributed by atoms with Crippen molar-refractivity contribution >= 4 is 17.2 Å². The number of rotatable bonds is 4. The molecule has 1 aromatic carbocycles. The number of nitrogens with two attached hydrogens (primary N) is 1. The third-order valence-electron chi connectivity index (χ3n) is 4.06. The predicted molar refractivity (Wildman–Crippen MR) is 86.9 cm³/mol. The number of thiophene rings is 1. The summed E-state index contributed by atoms with van der Waals surface area (Å²) < 4.78 is 13.3. The molecule has 1 aliphatic heterocycles. The lowest BCUT2D eigenvalue weighted by Gasteiger charge is -2.30. The number of hydrogen-bond donors (Lipinski definition) is 1. The fraction of sp³-hybridized carbons (Fsp3) is 0.353. The monoisotopic (exact) mass is 318 g/mol. The molecule has 1 aliphatic rings. The van der Waals surface area contributed by atoms with E-state index in [0.29, 0.717) is 0 Å². The Kier molecular flexibility index (Phi) is 4.55. The van der Waals surface area contributed by atoms with Crippen LogP contribution in [0, 0.1) is 11.7 Å². The summed E-state index contributed by atoms with van der Waals surface area (Å²) in [5.41, 5.74) is 6.33. The lowest BCUT2D eigenvalue weighted by Crippen LogP contribution is -2.40. The molecule has 1 saturated heterocycles. The van der Waals surface area contributed by atoms with E-state index in [0.717, 1.165) is 42.9 Å². The van der Waals surface area contributed by atoms with Crippen LogP contribution in [0.2, 0.25) is 0 Å². The van der Waals surface area contributed by atoms with Crippen molar-refractivity contribution in [3.63, 3.8) is 0 Å². The summed E-state index contributed by atoms with van der Waals surface area (Å²) >= 11 is 1.67. The Morgan fingerprint density at radius 3 is 3.00 bits per heavy atom. The van der Waals surface area contributed by atoms with Gasteiger partial charge in [0.2, 0.25) is 5.91 Å². The molecule has 1 aromatic heterocycles. The van der Waals surface area contributed by atoms with E-state index in [4.69, 9.17) is 5.73 Å². The summed E-state index contributed by atoms with van der Waals surface area (Å²) in [5, 5.41) is 0. The Balaban J connectivity index is 1.68. The minimum absolute atomic E-state index is 0.0311. The van der Waals surface area contributed by atoms with Crippen LogP contribution in [0.1, 0.15) is 17.7 Å². The van der Waals surface area contributed by atoms with Gasteiger partial charge in [-0.15, -0.1) is 11.3 Å². The fourth-order valence-electron chi connectivity index (χ4n) is 2.91. The summed E-state index contributed by atoms with van der Waals surface area (Å²) in [7, 11) is 0. The molecule has 1 unspecified atom stereocenters. The SMILES string of the molecule is NC(=O)C1CCCN(Cc2ccc(-c3cccc(F)c3)s2)C1. The predicted octanol–water partition coefficient (Wildman–Crippen LogP) is 3.25. The number of likely N-dealkylation sites (tertiary alicyclic amines) is 1. The van der Waals surface area contributed by atoms with Gasteiger partial charge in [0.1, 0.15) is 5.82 Å². The highest BCUT2D eigenvalue weighted by atomic mass is 32.1. The molecule has 0 spiro atoms. The van der Waals surface area contributed by atoms with Crippen molar-refractivity contribution in [1.82, 2.24) is 4.90 Å². The maximum absolute atomic E-state index is 13.3.